The molecule has 8 heteroatoms. The fourth-order valence-corrected chi connectivity index (χ4v) is 2.29. The molecule has 0 N–H and O–H groups in total. The fourth-order valence-electron chi connectivity index (χ4n) is 1.76. The zero-order valence-corrected chi connectivity index (χ0v) is 12.1. The Balaban J connectivity index is 1.85. The SMILES string of the molecule is CC1(C)OB(c2cnn(-c3cncs3)n2)OC1(C)C. The monoisotopic (exact) mass is 278 g/mol. The topological polar surface area (TPSA) is 62.1 Å². The summed E-state index contributed by atoms with van der Waals surface area (Å²) in [5.74, 6) is 0. The number of rotatable bonds is 2. The summed E-state index contributed by atoms with van der Waals surface area (Å²) >= 11 is 1.48. The molecule has 0 saturated carbocycles. The Bertz CT molecular complexity index is 565. The van der Waals surface area contributed by atoms with Crippen molar-refractivity contribution < 1.29 is 9.31 Å². The Morgan fingerprint density at radius 1 is 1.16 bits per heavy atom. The van der Waals surface area contributed by atoms with E-state index in [1.165, 1.54) is 16.1 Å². The Kier molecular flexibility index (Phi) is 2.77. The molecule has 0 aliphatic carbocycles. The van der Waals surface area contributed by atoms with E-state index in [0.29, 0.717) is 5.59 Å². The average Bonchev–Trinajstić information content (AvgIpc) is 3.00. The second-order valence-electron chi connectivity index (χ2n) is 5.49. The van der Waals surface area contributed by atoms with Crippen LogP contribution >= 0.6 is 11.3 Å². The maximum Gasteiger partial charge on any atom is 0.518 e. The lowest BCUT2D eigenvalue weighted by Gasteiger charge is -2.32. The van der Waals surface area contributed by atoms with Gasteiger partial charge in [-0.05, 0) is 27.7 Å². The molecule has 0 radical (unpaired) electrons. The molecule has 0 spiro atoms. The molecule has 0 bridgehead atoms. The molecular weight excluding hydrogens is 263 g/mol. The average molecular weight is 278 g/mol. The second-order valence-corrected chi connectivity index (χ2v) is 6.35. The van der Waals surface area contributed by atoms with Gasteiger partial charge in [-0.15, -0.1) is 16.1 Å². The van der Waals surface area contributed by atoms with Crippen molar-refractivity contribution in [2.45, 2.75) is 38.9 Å². The van der Waals surface area contributed by atoms with Gasteiger partial charge in [0.05, 0.1) is 29.1 Å². The van der Waals surface area contributed by atoms with Gasteiger partial charge < -0.3 is 9.31 Å². The minimum Gasteiger partial charge on any atom is -0.398 e. The van der Waals surface area contributed by atoms with Crippen LogP contribution in [-0.4, -0.2) is 38.3 Å². The van der Waals surface area contributed by atoms with Gasteiger partial charge in [0.2, 0.25) is 0 Å². The molecular formula is C11H15BN4O2S. The molecule has 2 aromatic rings. The van der Waals surface area contributed by atoms with Crippen LogP contribution < -0.4 is 5.59 Å². The van der Waals surface area contributed by atoms with Crippen LogP contribution in [0.1, 0.15) is 27.7 Å². The third-order valence-electron chi connectivity index (χ3n) is 3.62. The molecule has 100 valence electrons. The highest BCUT2D eigenvalue weighted by molar-refractivity contribution is 7.12. The molecule has 1 saturated heterocycles. The maximum atomic E-state index is 5.93. The largest absolute Gasteiger partial charge is 0.518 e. The van der Waals surface area contributed by atoms with E-state index in [0.717, 1.165) is 5.00 Å². The standard InChI is InChI=1S/C11H15BN4O2S/c1-10(2)11(3,4)18-12(17-10)8-5-14-16(15-8)9-6-13-7-19-9/h5-7H,1-4H3. The summed E-state index contributed by atoms with van der Waals surface area (Å²) in [7, 11) is -0.480. The number of aromatic nitrogens is 4. The summed E-state index contributed by atoms with van der Waals surface area (Å²) in [4.78, 5) is 5.55. The molecule has 1 aliphatic heterocycles. The van der Waals surface area contributed by atoms with E-state index in [4.69, 9.17) is 9.31 Å². The summed E-state index contributed by atoms with van der Waals surface area (Å²) in [5, 5.41) is 9.47. The quantitative estimate of drug-likeness (QED) is 0.768. The molecule has 0 aromatic carbocycles. The number of hydrogen-bond donors (Lipinski definition) is 0. The minimum absolute atomic E-state index is 0.369. The summed E-state index contributed by atoms with van der Waals surface area (Å²) in [5.41, 5.74) is 1.68. The van der Waals surface area contributed by atoms with Crippen LogP contribution in [0.2, 0.25) is 0 Å². The lowest BCUT2D eigenvalue weighted by atomic mass is 9.86. The van der Waals surface area contributed by atoms with Crippen LogP contribution in [-0.2, 0) is 9.31 Å². The van der Waals surface area contributed by atoms with E-state index in [1.54, 1.807) is 17.9 Å². The lowest BCUT2D eigenvalue weighted by Crippen LogP contribution is -2.41. The number of nitrogens with zero attached hydrogens (tertiary/aromatic N) is 4. The normalized spacial score (nSPS) is 20.9. The first-order chi connectivity index (χ1) is 8.89. The van der Waals surface area contributed by atoms with Crippen molar-refractivity contribution in [3.8, 4) is 5.00 Å². The Labute approximate surface area is 115 Å². The summed E-state index contributed by atoms with van der Waals surface area (Å²) in [6.07, 6.45) is 3.39. The van der Waals surface area contributed by atoms with Gasteiger partial charge in [-0.25, -0.2) is 0 Å². The van der Waals surface area contributed by atoms with Crippen molar-refractivity contribution in [3.05, 3.63) is 17.9 Å². The first-order valence-corrected chi connectivity index (χ1v) is 6.94. The third-order valence-corrected chi connectivity index (χ3v) is 4.36. The Hall–Kier alpha value is -1.25. The van der Waals surface area contributed by atoms with Gasteiger partial charge in [-0.1, -0.05) is 0 Å². The predicted octanol–water partition coefficient (Wildman–Crippen LogP) is 1.02. The first kappa shape index (κ1) is 12.8. The molecule has 0 atom stereocenters. The Morgan fingerprint density at radius 3 is 2.42 bits per heavy atom. The van der Waals surface area contributed by atoms with Crippen LogP contribution in [0.4, 0.5) is 0 Å². The third kappa shape index (κ3) is 2.09. The summed E-state index contributed by atoms with van der Waals surface area (Å²) in [6, 6.07) is 0. The fraction of sp³-hybridized carbons (Fsp3) is 0.545. The van der Waals surface area contributed by atoms with Gasteiger partial charge >= 0.3 is 7.12 Å². The van der Waals surface area contributed by atoms with Gasteiger partial charge in [0, 0.05) is 0 Å². The molecule has 0 amide bonds. The number of hydrogen-bond acceptors (Lipinski definition) is 6. The highest BCUT2D eigenvalue weighted by Gasteiger charge is 2.52. The molecule has 19 heavy (non-hydrogen) atoms. The van der Waals surface area contributed by atoms with E-state index in [9.17, 15) is 0 Å². The van der Waals surface area contributed by atoms with Gasteiger partial charge in [0.1, 0.15) is 5.59 Å². The van der Waals surface area contributed by atoms with Crippen molar-refractivity contribution in [2.75, 3.05) is 0 Å². The maximum absolute atomic E-state index is 5.93. The first-order valence-electron chi connectivity index (χ1n) is 6.06. The van der Waals surface area contributed by atoms with E-state index in [1.807, 2.05) is 27.7 Å². The minimum atomic E-state index is -0.480. The second kappa shape index (κ2) is 4.12. The lowest BCUT2D eigenvalue weighted by molar-refractivity contribution is 0.00578. The van der Waals surface area contributed by atoms with Crippen molar-refractivity contribution in [2.24, 2.45) is 0 Å². The molecule has 3 rings (SSSR count). The van der Waals surface area contributed by atoms with E-state index < -0.39 is 7.12 Å². The molecule has 0 unspecified atom stereocenters. The highest BCUT2D eigenvalue weighted by Crippen LogP contribution is 2.36. The summed E-state index contributed by atoms with van der Waals surface area (Å²) in [6.45, 7) is 8.06. The van der Waals surface area contributed by atoms with E-state index in [2.05, 4.69) is 15.2 Å². The van der Waals surface area contributed by atoms with Crippen LogP contribution in [0.25, 0.3) is 5.00 Å². The predicted molar refractivity (Wildman–Crippen MR) is 72.7 cm³/mol. The summed E-state index contributed by atoms with van der Waals surface area (Å²) < 4.78 is 11.9. The van der Waals surface area contributed by atoms with Crippen LogP contribution in [0.15, 0.2) is 17.9 Å². The van der Waals surface area contributed by atoms with Gasteiger partial charge in [-0.3, -0.25) is 4.98 Å². The molecule has 6 nitrogen and oxygen atoms in total. The molecule has 2 aromatic heterocycles. The molecule has 3 heterocycles. The number of thiazole rings is 1. The van der Waals surface area contributed by atoms with Crippen molar-refractivity contribution in [3.63, 3.8) is 0 Å². The van der Waals surface area contributed by atoms with Crippen molar-refractivity contribution in [1.82, 2.24) is 20.0 Å². The zero-order chi connectivity index (χ0) is 13.7. The Morgan fingerprint density at radius 2 is 1.84 bits per heavy atom. The zero-order valence-electron chi connectivity index (χ0n) is 11.3. The van der Waals surface area contributed by atoms with Crippen molar-refractivity contribution >= 4 is 24.0 Å². The van der Waals surface area contributed by atoms with Crippen LogP contribution in [0, 0.1) is 0 Å². The molecule has 1 fully saturated rings. The molecule has 1 aliphatic rings. The van der Waals surface area contributed by atoms with E-state index >= 15 is 0 Å². The smallest absolute Gasteiger partial charge is 0.398 e. The van der Waals surface area contributed by atoms with Crippen LogP contribution in [0.5, 0.6) is 0 Å². The van der Waals surface area contributed by atoms with Crippen molar-refractivity contribution in [1.29, 1.82) is 0 Å². The van der Waals surface area contributed by atoms with Gasteiger partial charge in [0.25, 0.3) is 0 Å². The van der Waals surface area contributed by atoms with E-state index in [-0.39, 0.29) is 11.2 Å². The van der Waals surface area contributed by atoms with Gasteiger partial charge in [0.15, 0.2) is 5.00 Å². The van der Waals surface area contributed by atoms with Crippen LogP contribution in [0.3, 0.4) is 0 Å². The highest BCUT2D eigenvalue weighted by atomic mass is 32.1. The van der Waals surface area contributed by atoms with Gasteiger partial charge in [-0.2, -0.15) is 10.2 Å².